The fourth-order valence-electron chi connectivity index (χ4n) is 4.80. The summed E-state index contributed by atoms with van der Waals surface area (Å²) in [6.07, 6.45) is -17.6. The van der Waals surface area contributed by atoms with Crippen molar-refractivity contribution in [2.24, 2.45) is 17.2 Å². The highest BCUT2D eigenvalue weighted by Gasteiger charge is 2.53. The minimum Gasteiger partial charge on any atom is -0.394 e. The van der Waals surface area contributed by atoms with Gasteiger partial charge in [-0.25, -0.2) is 0 Å². The maximum absolute atomic E-state index is 12.4. The Balaban J connectivity index is 1.84. The van der Waals surface area contributed by atoms with Gasteiger partial charge in [-0.1, -0.05) is 0 Å². The largest absolute Gasteiger partial charge is 0.394 e. The molecule has 2 heterocycles. The second-order valence-electron chi connectivity index (χ2n) is 9.79. The van der Waals surface area contributed by atoms with E-state index in [2.05, 4.69) is 5.32 Å². The zero-order valence-corrected chi connectivity index (χ0v) is 20.5. The van der Waals surface area contributed by atoms with Crippen molar-refractivity contribution in [1.82, 2.24) is 5.32 Å². The fourth-order valence-corrected chi connectivity index (χ4v) is 4.80. The molecule has 0 unspecified atom stereocenters. The molecule has 3 aliphatic rings. The number of hydrogen-bond donors (Lipinski definition) is 12. The molecule has 0 bridgehead atoms. The summed E-state index contributed by atoms with van der Waals surface area (Å²) in [5, 5.41) is 83.2. The lowest BCUT2D eigenvalue weighted by molar-refractivity contribution is -0.311. The lowest BCUT2D eigenvalue weighted by Crippen LogP contribution is -2.69. The Morgan fingerprint density at radius 2 is 1.42 bits per heavy atom. The quantitative estimate of drug-likeness (QED) is 0.119. The van der Waals surface area contributed by atoms with Crippen molar-refractivity contribution in [1.29, 1.82) is 0 Å². The summed E-state index contributed by atoms with van der Waals surface area (Å²) >= 11 is 0. The van der Waals surface area contributed by atoms with Crippen LogP contribution >= 0.6 is 0 Å². The summed E-state index contributed by atoms with van der Waals surface area (Å²) in [6.45, 7) is -1.28. The standard InChI is InChI=1S/C21H40N4O13/c22-2-1-8(28)19(34)25-7-3-6(23)17(37-20-11(24)15(32)13(30)9(4-26)35-20)18(12(7)29)38-21-16(33)14(31)10(5-27)36-21/h6-18,20-21,26-33H,1-5,22-24H2,(H,25,34)/t6-,7+,8-,9+,10+,11+,12-,13+,14-,15+,16+,17+,18+,20+,21-/m0/s1. The van der Waals surface area contributed by atoms with Gasteiger partial charge in [0.2, 0.25) is 5.91 Å². The second-order valence-corrected chi connectivity index (χ2v) is 9.79. The van der Waals surface area contributed by atoms with Gasteiger partial charge < -0.3 is 82.3 Å². The number of aliphatic hydroxyl groups excluding tert-OH is 8. The molecule has 17 heteroatoms. The van der Waals surface area contributed by atoms with Crippen molar-refractivity contribution < 1.29 is 64.6 Å². The average molecular weight is 557 g/mol. The molecule has 222 valence electrons. The van der Waals surface area contributed by atoms with E-state index in [4.69, 9.17) is 36.1 Å². The van der Waals surface area contributed by atoms with Crippen LogP contribution in [0.3, 0.4) is 0 Å². The van der Waals surface area contributed by atoms with E-state index in [0.717, 1.165) is 0 Å². The summed E-state index contributed by atoms with van der Waals surface area (Å²) < 4.78 is 22.5. The zero-order valence-electron chi connectivity index (χ0n) is 20.5. The number of carbonyl (C=O) groups is 1. The number of rotatable bonds is 10. The van der Waals surface area contributed by atoms with E-state index in [1.165, 1.54) is 0 Å². The Kier molecular flexibility index (Phi) is 11.1. The molecule has 0 aromatic carbocycles. The highest BCUT2D eigenvalue weighted by atomic mass is 16.7. The monoisotopic (exact) mass is 556 g/mol. The van der Waals surface area contributed by atoms with Crippen molar-refractivity contribution in [3.63, 3.8) is 0 Å². The summed E-state index contributed by atoms with van der Waals surface area (Å²) in [5.74, 6) is -0.821. The summed E-state index contributed by atoms with van der Waals surface area (Å²) in [4.78, 5) is 12.4. The number of nitrogens with two attached hydrogens (primary N) is 3. The Morgan fingerprint density at radius 3 is 2.00 bits per heavy atom. The van der Waals surface area contributed by atoms with Gasteiger partial charge in [0.1, 0.15) is 61.0 Å². The van der Waals surface area contributed by atoms with Gasteiger partial charge >= 0.3 is 0 Å². The molecular weight excluding hydrogens is 516 g/mol. The van der Waals surface area contributed by atoms with E-state index >= 15 is 0 Å². The lowest BCUT2D eigenvalue weighted by Gasteiger charge is -2.47. The predicted molar refractivity (Wildman–Crippen MR) is 123 cm³/mol. The molecule has 3 rings (SSSR count). The zero-order chi connectivity index (χ0) is 28.3. The number of ether oxygens (including phenoxy) is 4. The SMILES string of the molecule is NCC[C@H](O)C(=O)N[C@@H]1C[C@H](N)[C@@H](O[C@H]2O[C@H](CO)[C@@H](O)[C@H](O)[C@H]2N)[C@H](O[C@@H]2O[C@H](CO)[C@H](O)[C@H]2O)[C@H]1O. The first-order valence-electron chi connectivity index (χ1n) is 12.4. The fraction of sp³-hybridized carbons (Fsp3) is 0.952. The van der Waals surface area contributed by atoms with E-state index in [-0.39, 0.29) is 19.4 Å². The molecule has 38 heavy (non-hydrogen) atoms. The van der Waals surface area contributed by atoms with Gasteiger partial charge in [-0.15, -0.1) is 0 Å². The molecule has 2 saturated heterocycles. The molecule has 1 aliphatic carbocycles. The van der Waals surface area contributed by atoms with Crippen LogP contribution in [0.2, 0.25) is 0 Å². The van der Waals surface area contributed by atoms with Crippen LogP contribution in [-0.2, 0) is 23.7 Å². The molecule has 2 aliphatic heterocycles. The molecule has 0 radical (unpaired) electrons. The molecule has 17 nitrogen and oxygen atoms in total. The van der Waals surface area contributed by atoms with Crippen molar-refractivity contribution in [2.45, 2.75) is 105 Å². The third kappa shape index (κ3) is 6.60. The van der Waals surface area contributed by atoms with Crippen LogP contribution in [0.15, 0.2) is 0 Å². The van der Waals surface area contributed by atoms with Gasteiger partial charge in [0.15, 0.2) is 12.6 Å². The molecule has 0 spiro atoms. The highest BCUT2D eigenvalue weighted by molar-refractivity contribution is 5.80. The number of nitrogens with one attached hydrogen (secondary N) is 1. The van der Waals surface area contributed by atoms with Crippen molar-refractivity contribution in [2.75, 3.05) is 19.8 Å². The van der Waals surface area contributed by atoms with Gasteiger partial charge in [0.05, 0.1) is 25.3 Å². The van der Waals surface area contributed by atoms with E-state index in [1.54, 1.807) is 0 Å². The lowest BCUT2D eigenvalue weighted by atomic mass is 9.83. The van der Waals surface area contributed by atoms with Crippen LogP contribution in [0.4, 0.5) is 0 Å². The van der Waals surface area contributed by atoms with Gasteiger partial charge in [-0.05, 0) is 19.4 Å². The Morgan fingerprint density at radius 1 is 0.868 bits per heavy atom. The van der Waals surface area contributed by atoms with E-state index in [1.807, 2.05) is 0 Å². The minimum absolute atomic E-state index is 0.0330. The summed E-state index contributed by atoms with van der Waals surface area (Å²) in [6, 6.07) is -3.40. The topological polar surface area (TPSA) is 306 Å². The van der Waals surface area contributed by atoms with Crippen LogP contribution in [0.1, 0.15) is 12.8 Å². The molecule has 15 atom stereocenters. The highest BCUT2D eigenvalue weighted by Crippen LogP contribution is 2.32. The molecule has 1 saturated carbocycles. The third-order valence-corrected chi connectivity index (χ3v) is 7.10. The summed E-state index contributed by atoms with van der Waals surface area (Å²) in [5.41, 5.74) is 17.6. The Hall–Kier alpha value is -1.13. The van der Waals surface area contributed by atoms with Gasteiger partial charge in [0.25, 0.3) is 0 Å². The van der Waals surface area contributed by atoms with Crippen LogP contribution < -0.4 is 22.5 Å². The molecule has 0 aromatic rings. The minimum atomic E-state index is -1.64. The van der Waals surface area contributed by atoms with Crippen LogP contribution in [0.5, 0.6) is 0 Å². The maximum Gasteiger partial charge on any atom is 0.249 e. The molecule has 0 aromatic heterocycles. The predicted octanol–water partition coefficient (Wildman–Crippen LogP) is -7.75. The van der Waals surface area contributed by atoms with Gasteiger partial charge in [-0.2, -0.15) is 0 Å². The van der Waals surface area contributed by atoms with Crippen molar-refractivity contribution in [3.05, 3.63) is 0 Å². The number of hydrogen-bond acceptors (Lipinski definition) is 16. The van der Waals surface area contributed by atoms with Crippen molar-refractivity contribution in [3.8, 4) is 0 Å². The van der Waals surface area contributed by atoms with Gasteiger partial charge in [-0.3, -0.25) is 4.79 Å². The first-order chi connectivity index (χ1) is 17.9. The van der Waals surface area contributed by atoms with E-state index in [0.29, 0.717) is 0 Å². The molecule has 15 N–H and O–H groups in total. The van der Waals surface area contributed by atoms with Crippen molar-refractivity contribution >= 4 is 5.91 Å². The first kappa shape index (κ1) is 31.4. The molecule has 3 fully saturated rings. The number of carbonyl (C=O) groups excluding carboxylic acids is 1. The first-order valence-corrected chi connectivity index (χ1v) is 12.4. The van der Waals surface area contributed by atoms with E-state index in [9.17, 15) is 45.6 Å². The van der Waals surface area contributed by atoms with Crippen LogP contribution in [0, 0.1) is 0 Å². The molecular formula is C21H40N4O13. The average Bonchev–Trinajstić information content (AvgIpc) is 3.16. The summed E-state index contributed by atoms with van der Waals surface area (Å²) in [7, 11) is 0. The molecule has 1 amide bonds. The Bertz CT molecular complexity index is 769. The van der Waals surface area contributed by atoms with E-state index < -0.39 is 111 Å². The van der Waals surface area contributed by atoms with Crippen LogP contribution in [0.25, 0.3) is 0 Å². The Labute approximate surface area is 218 Å². The number of amides is 1. The normalized spacial score (nSPS) is 46.6. The smallest absolute Gasteiger partial charge is 0.249 e. The maximum atomic E-state index is 12.4. The second kappa shape index (κ2) is 13.5. The third-order valence-electron chi connectivity index (χ3n) is 7.10. The number of aliphatic hydroxyl groups is 8. The van der Waals surface area contributed by atoms with Gasteiger partial charge in [0, 0.05) is 6.04 Å². The van der Waals surface area contributed by atoms with Crippen LogP contribution in [-0.4, -0.2) is 158 Å².